The Bertz CT molecular complexity index is 405. The van der Waals surface area contributed by atoms with Gasteiger partial charge in [-0.25, -0.2) is 9.97 Å². The van der Waals surface area contributed by atoms with E-state index in [-0.39, 0.29) is 5.41 Å². The summed E-state index contributed by atoms with van der Waals surface area (Å²) in [6.45, 7) is 9.87. The van der Waals surface area contributed by atoms with Gasteiger partial charge in [-0.1, -0.05) is 58.6 Å². The van der Waals surface area contributed by atoms with Crippen LogP contribution >= 0.6 is 11.6 Å². The van der Waals surface area contributed by atoms with Crippen LogP contribution in [0.5, 0.6) is 0 Å². The molecule has 0 radical (unpaired) electrons. The molecule has 0 aliphatic carbocycles. The van der Waals surface area contributed by atoms with Gasteiger partial charge in [0.05, 0.1) is 0 Å². The number of nitrogens with one attached hydrogen (secondary N) is 1. The second kappa shape index (κ2) is 8.46. The molecule has 20 heavy (non-hydrogen) atoms. The molecule has 1 N–H and O–H groups in total. The molecule has 1 aromatic rings. The van der Waals surface area contributed by atoms with Crippen LogP contribution in [-0.4, -0.2) is 16.5 Å². The molecule has 0 unspecified atom stereocenters. The Hall–Kier alpha value is -0.830. The molecule has 0 amide bonds. The zero-order valence-corrected chi connectivity index (χ0v) is 14.1. The highest BCUT2D eigenvalue weighted by atomic mass is 35.5. The molecule has 4 heteroatoms. The van der Waals surface area contributed by atoms with Crippen LogP contribution in [0, 0.1) is 5.41 Å². The van der Waals surface area contributed by atoms with Crippen LogP contribution < -0.4 is 5.32 Å². The number of rotatable bonds is 9. The minimum Gasteiger partial charge on any atom is -0.369 e. The van der Waals surface area contributed by atoms with E-state index >= 15 is 0 Å². The first kappa shape index (κ1) is 17.2. The molecule has 3 nitrogen and oxygen atoms in total. The summed E-state index contributed by atoms with van der Waals surface area (Å²) < 4.78 is 0. The molecule has 0 fully saturated rings. The molecule has 0 aliphatic heterocycles. The lowest BCUT2D eigenvalue weighted by Gasteiger charge is -2.25. The van der Waals surface area contributed by atoms with Crippen molar-refractivity contribution in [3.8, 4) is 0 Å². The Morgan fingerprint density at radius 1 is 1.15 bits per heavy atom. The summed E-state index contributed by atoms with van der Waals surface area (Å²) in [5.74, 6) is 1.67. The predicted octanol–water partition coefficient (Wildman–Crippen LogP) is 5.10. The van der Waals surface area contributed by atoms with Gasteiger partial charge in [-0.05, 0) is 18.3 Å². The van der Waals surface area contributed by atoms with Gasteiger partial charge in [0.1, 0.15) is 16.8 Å². The van der Waals surface area contributed by atoms with Crippen LogP contribution in [0.2, 0.25) is 5.15 Å². The molecular weight excluding hydrogens is 270 g/mol. The van der Waals surface area contributed by atoms with Crippen LogP contribution in [-0.2, 0) is 6.42 Å². The molecule has 0 bridgehead atoms. The van der Waals surface area contributed by atoms with E-state index in [0.29, 0.717) is 5.15 Å². The van der Waals surface area contributed by atoms with Gasteiger partial charge in [-0.2, -0.15) is 0 Å². The molecule has 1 heterocycles. The molecule has 0 saturated heterocycles. The van der Waals surface area contributed by atoms with Crippen molar-refractivity contribution in [2.75, 3.05) is 11.9 Å². The summed E-state index contributed by atoms with van der Waals surface area (Å²) in [6, 6.07) is 1.81. The van der Waals surface area contributed by atoms with Gasteiger partial charge in [0.25, 0.3) is 0 Å². The fourth-order valence-electron chi connectivity index (χ4n) is 2.16. The van der Waals surface area contributed by atoms with Crippen molar-refractivity contribution in [1.29, 1.82) is 0 Å². The lowest BCUT2D eigenvalue weighted by Crippen LogP contribution is -2.23. The molecular formula is C16H28ClN3. The summed E-state index contributed by atoms with van der Waals surface area (Å²) in [6.07, 6.45) is 7.00. The van der Waals surface area contributed by atoms with E-state index < -0.39 is 0 Å². The zero-order chi connectivity index (χ0) is 15.0. The number of aryl methyl sites for hydroxylation is 1. The standard InChI is InChI=1S/C16H28ClN3/c1-5-7-8-10-16(3,4)12-18-15-11-13(17)19-14(20-15)9-6-2/h11H,5-10,12H2,1-4H3,(H,18,19,20). The SMILES string of the molecule is CCCCCC(C)(C)CNc1cc(Cl)nc(CCC)n1. The van der Waals surface area contributed by atoms with Gasteiger partial charge in [-0.15, -0.1) is 0 Å². The summed E-state index contributed by atoms with van der Waals surface area (Å²) in [5, 5.41) is 3.94. The first-order chi connectivity index (χ1) is 9.46. The molecule has 1 aromatic heterocycles. The number of aromatic nitrogens is 2. The Morgan fingerprint density at radius 2 is 1.90 bits per heavy atom. The first-order valence-electron chi connectivity index (χ1n) is 7.74. The van der Waals surface area contributed by atoms with Crippen LogP contribution in [0.1, 0.15) is 65.6 Å². The van der Waals surface area contributed by atoms with Crippen molar-refractivity contribution >= 4 is 17.4 Å². The van der Waals surface area contributed by atoms with Gasteiger partial charge in [0, 0.05) is 19.0 Å². The Balaban J connectivity index is 2.55. The number of nitrogens with zero attached hydrogens (tertiary/aromatic N) is 2. The minimum absolute atomic E-state index is 0.275. The monoisotopic (exact) mass is 297 g/mol. The van der Waals surface area contributed by atoms with Crippen molar-refractivity contribution in [2.45, 2.75) is 66.2 Å². The topological polar surface area (TPSA) is 37.8 Å². The van der Waals surface area contributed by atoms with E-state index in [1.807, 2.05) is 6.07 Å². The third-order valence-electron chi connectivity index (χ3n) is 3.42. The van der Waals surface area contributed by atoms with Crippen LogP contribution in [0.15, 0.2) is 6.07 Å². The zero-order valence-electron chi connectivity index (χ0n) is 13.3. The molecule has 0 aromatic carbocycles. The predicted molar refractivity (Wildman–Crippen MR) is 87.4 cm³/mol. The van der Waals surface area contributed by atoms with Crippen molar-refractivity contribution in [3.05, 3.63) is 17.0 Å². The smallest absolute Gasteiger partial charge is 0.134 e. The Kier molecular flexibility index (Phi) is 7.28. The van der Waals surface area contributed by atoms with E-state index in [9.17, 15) is 0 Å². The molecule has 0 aliphatic rings. The number of hydrogen-bond donors (Lipinski definition) is 1. The summed E-state index contributed by atoms with van der Waals surface area (Å²) in [7, 11) is 0. The van der Waals surface area contributed by atoms with Crippen LogP contribution in [0.4, 0.5) is 5.82 Å². The Morgan fingerprint density at radius 3 is 2.55 bits per heavy atom. The summed E-state index contributed by atoms with van der Waals surface area (Å²) >= 11 is 6.05. The lowest BCUT2D eigenvalue weighted by molar-refractivity contribution is 0.342. The van der Waals surface area contributed by atoms with Crippen LogP contribution in [0.3, 0.4) is 0 Å². The highest BCUT2D eigenvalue weighted by Gasteiger charge is 2.17. The number of halogens is 1. The molecule has 0 saturated carbocycles. The highest BCUT2D eigenvalue weighted by Crippen LogP contribution is 2.24. The summed E-state index contributed by atoms with van der Waals surface area (Å²) in [4.78, 5) is 8.76. The fourth-order valence-corrected chi connectivity index (χ4v) is 2.36. The van der Waals surface area contributed by atoms with E-state index in [1.54, 1.807) is 0 Å². The van der Waals surface area contributed by atoms with Crippen LogP contribution in [0.25, 0.3) is 0 Å². The van der Waals surface area contributed by atoms with Crippen molar-refractivity contribution < 1.29 is 0 Å². The average Bonchev–Trinajstić information content (AvgIpc) is 2.37. The van der Waals surface area contributed by atoms with E-state index in [2.05, 4.69) is 43.0 Å². The maximum Gasteiger partial charge on any atom is 0.134 e. The van der Waals surface area contributed by atoms with Crippen molar-refractivity contribution in [2.24, 2.45) is 5.41 Å². The maximum atomic E-state index is 6.05. The highest BCUT2D eigenvalue weighted by molar-refractivity contribution is 6.29. The van der Waals surface area contributed by atoms with Crippen molar-refractivity contribution in [1.82, 2.24) is 9.97 Å². The largest absolute Gasteiger partial charge is 0.369 e. The van der Waals surface area contributed by atoms with Crippen molar-refractivity contribution in [3.63, 3.8) is 0 Å². The van der Waals surface area contributed by atoms with Gasteiger partial charge in [0.15, 0.2) is 0 Å². The Labute approximate surface area is 128 Å². The van der Waals surface area contributed by atoms with Gasteiger partial charge < -0.3 is 5.32 Å². The second-order valence-corrected chi connectivity index (χ2v) is 6.60. The molecule has 0 spiro atoms. The van der Waals surface area contributed by atoms with E-state index in [0.717, 1.165) is 31.0 Å². The second-order valence-electron chi connectivity index (χ2n) is 6.22. The van der Waals surface area contributed by atoms with E-state index in [4.69, 9.17) is 11.6 Å². The van der Waals surface area contributed by atoms with Gasteiger partial charge in [-0.3, -0.25) is 0 Å². The quantitative estimate of drug-likeness (QED) is 0.509. The summed E-state index contributed by atoms with van der Waals surface area (Å²) in [5.41, 5.74) is 0.275. The maximum absolute atomic E-state index is 6.05. The van der Waals surface area contributed by atoms with Gasteiger partial charge in [0.2, 0.25) is 0 Å². The third kappa shape index (κ3) is 6.56. The lowest BCUT2D eigenvalue weighted by atomic mass is 9.87. The number of anilines is 1. The minimum atomic E-state index is 0.275. The molecule has 114 valence electrons. The van der Waals surface area contributed by atoms with E-state index in [1.165, 1.54) is 25.7 Å². The first-order valence-corrected chi connectivity index (χ1v) is 8.12. The third-order valence-corrected chi connectivity index (χ3v) is 3.61. The number of unbranched alkanes of at least 4 members (excludes halogenated alkanes) is 2. The normalized spacial score (nSPS) is 11.7. The molecule has 0 atom stereocenters. The fraction of sp³-hybridized carbons (Fsp3) is 0.750. The average molecular weight is 298 g/mol. The molecule has 1 rings (SSSR count). The number of hydrogen-bond acceptors (Lipinski definition) is 3. The van der Waals surface area contributed by atoms with Gasteiger partial charge >= 0.3 is 0 Å².